The number of unbranched alkanes of at least 4 members (excludes halogenated alkanes) is 30. The largest absolute Gasteiger partial charge is 0.462 e. The van der Waals surface area contributed by atoms with Crippen LogP contribution in [0.1, 0.15) is 225 Å². The number of carbonyl (C=O) groups is 1. The third kappa shape index (κ3) is 48.0. The molecule has 0 aliphatic rings. The van der Waals surface area contributed by atoms with Gasteiger partial charge < -0.3 is 48.8 Å². The van der Waals surface area contributed by atoms with Crippen LogP contribution in [0.4, 0.5) is 0 Å². The molecule has 1 aromatic heterocycles. The number of carbonyl (C=O) groups excluding carboxylic acids is 1. The maximum atomic E-state index is 12.0. The lowest BCUT2D eigenvalue weighted by Crippen LogP contribution is -2.35. The molecule has 0 amide bonds. The quantitative estimate of drug-likeness (QED) is 0.0476. The Kier molecular flexibility index (Phi) is 51.8. The standard InChI is InChI=1S/C56H110N4O8/c1-3-5-7-9-11-13-15-17-19-21-23-25-27-29-31-33-35-60(36-34-32-30-28-26-24-22-20-18-16-14-12-10-8-6-4-2)37-38-62-39-40-63-41-42-64-43-44-65-45-46-66-47-48-67-49-50-68-56(61)55(57)51-54-52-58-53-59-54/h52-53,55H,3-51,57H2,1-2H3,(H,58,59). The molecule has 0 aliphatic heterocycles. The average molecular weight is 968 g/mol. The smallest absolute Gasteiger partial charge is 0.323 e. The zero-order valence-electron chi connectivity index (χ0n) is 44.6. The first kappa shape index (κ1) is 64.4. The van der Waals surface area contributed by atoms with Crippen LogP contribution in [0.5, 0.6) is 0 Å². The summed E-state index contributed by atoms with van der Waals surface area (Å²) in [6, 6.07) is -0.735. The van der Waals surface area contributed by atoms with Crippen molar-refractivity contribution in [3.63, 3.8) is 0 Å². The van der Waals surface area contributed by atoms with E-state index in [1.54, 1.807) is 12.5 Å². The zero-order chi connectivity index (χ0) is 48.7. The zero-order valence-corrected chi connectivity index (χ0v) is 44.6. The van der Waals surface area contributed by atoms with Crippen molar-refractivity contribution >= 4 is 5.97 Å². The van der Waals surface area contributed by atoms with Gasteiger partial charge in [-0.25, -0.2) is 4.98 Å². The molecular weight excluding hydrogens is 857 g/mol. The monoisotopic (exact) mass is 967 g/mol. The number of ether oxygens (including phenoxy) is 7. The maximum absolute atomic E-state index is 12.0. The average Bonchev–Trinajstić information content (AvgIpc) is 3.86. The SMILES string of the molecule is CCCCCCCCCCCCCCCCCCN(CCCCCCCCCCCCCCCCCC)CCOCCOCCOCCOCCOCCOCCOC(=O)C(N)Cc1cnc[nH]1. The molecule has 1 aromatic rings. The number of esters is 1. The molecule has 0 spiro atoms. The Morgan fingerprint density at radius 2 is 0.735 bits per heavy atom. The van der Waals surface area contributed by atoms with E-state index in [9.17, 15) is 4.79 Å². The highest BCUT2D eigenvalue weighted by molar-refractivity contribution is 5.75. The van der Waals surface area contributed by atoms with E-state index in [1.807, 2.05) is 0 Å². The second kappa shape index (κ2) is 54.7. The van der Waals surface area contributed by atoms with Crippen molar-refractivity contribution < 1.29 is 38.0 Å². The second-order valence-corrected chi connectivity index (χ2v) is 19.2. The van der Waals surface area contributed by atoms with Gasteiger partial charge in [0, 0.05) is 24.9 Å². The summed E-state index contributed by atoms with van der Waals surface area (Å²) in [7, 11) is 0. The van der Waals surface area contributed by atoms with Crippen molar-refractivity contribution in [2.45, 2.75) is 232 Å². The highest BCUT2D eigenvalue weighted by Gasteiger charge is 2.16. The van der Waals surface area contributed by atoms with Gasteiger partial charge in [-0.15, -0.1) is 0 Å². The van der Waals surface area contributed by atoms with Crippen molar-refractivity contribution in [1.82, 2.24) is 14.9 Å². The number of hydrogen-bond donors (Lipinski definition) is 2. The maximum Gasteiger partial charge on any atom is 0.323 e. The molecule has 1 rings (SSSR count). The number of hydrogen-bond acceptors (Lipinski definition) is 11. The van der Waals surface area contributed by atoms with Crippen LogP contribution in [0, 0.1) is 0 Å². The van der Waals surface area contributed by atoms with Crippen molar-refractivity contribution in [3.8, 4) is 0 Å². The molecule has 1 unspecified atom stereocenters. The lowest BCUT2D eigenvalue weighted by atomic mass is 10.0. The third-order valence-electron chi connectivity index (χ3n) is 12.8. The van der Waals surface area contributed by atoms with Gasteiger partial charge in [0.15, 0.2) is 0 Å². The van der Waals surface area contributed by atoms with Crippen LogP contribution in [0.25, 0.3) is 0 Å². The third-order valence-corrected chi connectivity index (χ3v) is 12.8. The van der Waals surface area contributed by atoms with Crippen molar-refractivity contribution in [1.29, 1.82) is 0 Å². The summed E-state index contributed by atoms with van der Waals surface area (Å²) in [5.74, 6) is -0.462. The van der Waals surface area contributed by atoms with Gasteiger partial charge >= 0.3 is 5.97 Å². The van der Waals surface area contributed by atoms with E-state index in [0.717, 1.165) is 18.8 Å². The van der Waals surface area contributed by atoms with Crippen LogP contribution < -0.4 is 5.73 Å². The summed E-state index contributed by atoms with van der Waals surface area (Å²) in [5, 5.41) is 0. The first-order valence-corrected chi connectivity index (χ1v) is 28.8. The molecule has 0 saturated carbocycles. The van der Waals surface area contributed by atoms with Crippen LogP contribution in [0.2, 0.25) is 0 Å². The minimum atomic E-state index is -0.735. The lowest BCUT2D eigenvalue weighted by Gasteiger charge is -2.22. The first-order chi connectivity index (χ1) is 33.7. The van der Waals surface area contributed by atoms with E-state index in [2.05, 4.69) is 28.7 Å². The van der Waals surface area contributed by atoms with Crippen LogP contribution in [-0.2, 0) is 44.4 Å². The molecule has 0 aromatic carbocycles. The molecule has 3 N–H and O–H groups in total. The summed E-state index contributed by atoms with van der Waals surface area (Å²) in [6.07, 6.45) is 48.8. The summed E-state index contributed by atoms with van der Waals surface area (Å²) in [4.78, 5) is 21.5. The number of rotatable bonds is 58. The van der Waals surface area contributed by atoms with Gasteiger partial charge in [-0.2, -0.15) is 0 Å². The Morgan fingerprint density at radius 3 is 1.04 bits per heavy atom. The van der Waals surface area contributed by atoms with E-state index < -0.39 is 12.0 Å². The second-order valence-electron chi connectivity index (χ2n) is 19.2. The number of aromatic nitrogens is 2. The van der Waals surface area contributed by atoms with E-state index in [0.29, 0.717) is 72.5 Å². The molecule has 0 fully saturated rings. The van der Waals surface area contributed by atoms with E-state index in [4.69, 9.17) is 38.9 Å². The molecule has 402 valence electrons. The number of nitrogens with one attached hydrogen (secondary N) is 1. The molecule has 1 atom stereocenters. The van der Waals surface area contributed by atoms with Crippen molar-refractivity contribution in [2.75, 3.05) is 106 Å². The van der Waals surface area contributed by atoms with Crippen molar-refractivity contribution in [3.05, 3.63) is 18.2 Å². The predicted molar refractivity (Wildman–Crippen MR) is 282 cm³/mol. The van der Waals surface area contributed by atoms with Gasteiger partial charge in [0.25, 0.3) is 0 Å². The molecule has 68 heavy (non-hydrogen) atoms. The van der Waals surface area contributed by atoms with Crippen LogP contribution >= 0.6 is 0 Å². The van der Waals surface area contributed by atoms with Gasteiger partial charge in [-0.1, -0.05) is 206 Å². The van der Waals surface area contributed by atoms with Crippen LogP contribution in [-0.4, -0.2) is 132 Å². The summed E-state index contributed by atoms with van der Waals surface area (Å²) in [5.41, 5.74) is 6.65. The van der Waals surface area contributed by atoms with Gasteiger partial charge in [0.1, 0.15) is 12.6 Å². The highest BCUT2D eigenvalue weighted by Crippen LogP contribution is 2.16. The summed E-state index contributed by atoms with van der Waals surface area (Å²) < 4.78 is 39.1. The number of imidazole rings is 1. The van der Waals surface area contributed by atoms with Gasteiger partial charge in [-0.3, -0.25) is 4.79 Å². The molecular formula is C56H110N4O8. The molecule has 0 aliphatic carbocycles. The minimum Gasteiger partial charge on any atom is -0.462 e. The Balaban J connectivity index is 2.03. The fourth-order valence-electron chi connectivity index (χ4n) is 8.52. The molecule has 0 bridgehead atoms. The minimum absolute atomic E-state index is 0.148. The fourth-order valence-corrected chi connectivity index (χ4v) is 8.52. The lowest BCUT2D eigenvalue weighted by molar-refractivity contribution is -0.146. The van der Waals surface area contributed by atoms with Crippen molar-refractivity contribution in [2.24, 2.45) is 5.73 Å². The van der Waals surface area contributed by atoms with E-state index in [-0.39, 0.29) is 13.2 Å². The fraction of sp³-hybridized carbons (Fsp3) is 0.929. The topological polar surface area (TPSA) is 140 Å². The van der Waals surface area contributed by atoms with Gasteiger partial charge in [0.05, 0.1) is 85.6 Å². The Hall–Kier alpha value is -1.64. The van der Waals surface area contributed by atoms with Crippen LogP contribution in [0.15, 0.2) is 12.5 Å². The number of nitrogens with zero attached hydrogens (tertiary/aromatic N) is 2. The van der Waals surface area contributed by atoms with Crippen LogP contribution in [0.3, 0.4) is 0 Å². The number of aromatic amines is 1. The highest BCUT2D eigenvalue weighted by atomic mass is 16.6. The van der Waals surface area contributed by atoms with E-state index in [1.165, 1.54) is 219 Å². The predicted octanol–water partition coefficient (Wildman–Crippen LogP) is 12.7. The Morgan fingerprint density at radius 1 is 0.441 bits per heavy atom. The molecule has 12 nitrogen and oxygen atoms in total. The van der Waals surface area contributed by atoms with Gasteiger partial charge in [-0.05, 0) is 25.9 Å². The molecule has 12 heteroatoms. The Bertz CT molecular complexity index is 1070. The first-order valence-electron chi connectivity index (χ1n) is 28.8. The summed E-state index contributed by atoms with van der Waals surface area (Å²) in [6.45, 7) is 14.3. The number of H-pyrrole nitrogens is 1. The van der Waals surface area contributed by atoms with Gasteiger partial charge in [0.2, 0.25) is 0 Å². The molecule has 0 saturated heterocycles. The normalized spacial score (nSPS) is 12.2. The van der Waals surface area contributed by atoms with E-state index >= 15 is 0 Å². The Labute approximate surface area is 418 Å². The summed E-state index contributed by atoms with van der Waals surface area (Å²) >= 11 is 0. The molecule has 0 radical (unpaired) electrons. The molecule has 1 heterocycles. The number of nitrogens with two attached hydrogens (primary N) is 1.